The molecule has 0 aliphatic carbocycles. The molecular formula is C21H24N2O6S. The van der Waals surface area contributed by atoms with E-state index < -0.39 is 10.0 Å². The zero-order chi connectivity index (χ0) is 21.9. The molecule has 0 radical (unpaired) electrons. The molecule has 0 aliphatic rings. The van der Waals surface area contributed by atoms with E-state index in [0.717, 1.165) is 15.3 Å². The number of fused-ring (bicyclic) bond motifs is 1. The molecule has 8 nitrogen and oxygen atoms in total. The summed E-state index contributed by atoms with van der Waals surface area (Å²) in [4.78, 5) is 12.6. The Morgan fingerprint density at radius 2 is 1.93 bits per heavy atom. The van der Waals surface area contributed by atoms with Crippen molar-refractivity contribution in [1.82, 2.24) is 4.31 Å². The Balaban J connectivity index is 1.83. The van der Waals surface area contributed by atoms with Crippen molar-refractivity contribution >= 4 is 32.6 Å². The number of hydrogen-bond donors (Lipinski definition) is 1. The number of ether oxygens (including phenoxy) is 2. The number of sulfonamides is 1. The zero-order valence-electron chi connectivity index (χ0n) is 17.3. The van der Waals surface area contributed by atoms with Gasteiger partial charge in [-0.3, -0.25) is 4.79 Å². The lowest BCUT2D eigenvalue weighted by atomic mass is 10.1. The normalized spacial score (nSPS) is 11.6. The number of carbonyl (C=O) groups excluding carboxylic acids is 1. The monoisotopic (exact) mass is 432 g/mol. The van der Waals surface area contributed by atoms with Crippen LogP contribution in [0.4, 0.5) is 5.69 Å². The van der Waals surface area contributed by atoms with Gasteiger partial charge in [0.2, 0.25) is 15.9 Å². The fourth-order valence-corrected chi connectivity index (χ4v) is 4.01. The van der Waals surface area contributed by atoms with Gasteiger partial charge in [-0.05, 0) is 37.3 Å². The molecule has 1 N–H and O–H groups in total. The van der Waals surface area contributed by atoms with Gasteiger partial charge >= 0.3 is 0 Å². The second-order valence-corrected chi connectivity index (χ2v) is 8.85. The van der Waals surface area contributed by atoms with Crippen LogP contribution >= 0.6 is 0 Å². The van der Waals surface area contributed by atoms with Crippen molar-refractivity contribution in [2.24, 2.45) is 0 Å². The van der Waals surface area contributed by atoms with E-state index in [1.807, 2.05) is 6.07 Å². The van der Waals surface area contributed by atoms with E-state index >= 15 is 0 Å². The molecule has 0 fully saturated rings. The highest BCUT2D eigenvalue weighted by Crippen LogP contribution is 2.30. The third-order valence-corrected chi connectivity index (χ3v) is 6.34. The molecule has 0 unspecified atom stereocenters. The van der Waals surface area contributed by atoms with Crippen LogP contribution in [-0.2, 0) is 21.2 Å². The number of carbonyl (C=O) groups is 1. The van der Waals surface area contributed by atoms with Crippen molar-refractivity contribution in [1.29, 1.82) is 0 Å². The second-order valence-electron chi connectivity index (χ2n) is 6.73. The van der Waals surface area contributed by atoms with Crippen LogP contribution in [-0.4, -0.2) is 46.4 Å². The van der Waals surface area contributed by atoms with E-state index in [1.54, 1.807) is 32.2 Å². The average Bonchev–Trinajstić information content (AvgIpc) is 3.10. The summed E-state index contributed by atoms with van der Waals surface area (Å²) in [6.07, 6.45) is 1.60. The first-order chi connectivity index (χ1) is 14.3. The van der Waals surface area contributed by atoms with Crippen LogP contribution in [0.3, 0.4) is 0 Å². The van der Waals surface area contributed by atoms with Gasteiger partial charge in [0.25, 0.3) is 0 Å². The standard InChI is InChI=1S/C21H24N2O6S/c1-5-28-18-9-6-15(11-20(18)30(25,26)23(2)3)22-21(24)10-14-13-29-19-12-16(27-4)7-8-17(14)19/h6-9,11-13H,5,10H2,1-4H3,(H,22,24). The third kappa shape index (κ3) is 4.42. The summed E-state index contributed by atoms with van der Waals surface area (Å²) in [6.45, 7) is 2.09. The first-order valence-electron chi connectivity index (χ1n) is 9.29. The Morgan fingerprint density at radius 3 is 2.60 bits per heavy atom. The van der Waals surface area contributed by atoms with Crippen molar-refractivity contribution < 1.29 is 27.1 Å². The minimum absolute atomic E-state index is 0.00648. The summed E-state index contributed by atoms with van der Waals surface area (Å²) < 4.78 is 42.5. The Hall–Kier alpha value is -3.04. The first-order valence-corrected chi connectivity index (χ1v) is 10.7. The molecular weight excluding hydrogens is 408 g/mol. The molecule has 30 heavy (non-hydrogen) atoms. The number of benzene rings is 2. The summed E-state index contributed by atoms with van der Waals surface area (Å²) >= 11 is 0. The maximum atomic E-state index is 12.6. The highest BCUT2D eigenvalue weighted by Gasteiger charge is 2.23. The number of nitrogens with one attached hydrogen (secondary N) is 1. The van der Waals surface area contributed by atoms with Crippen LogP contribution in [0.15, 0.2) is 52.0 Å². The van der Waals surface area contributed by atoms with Crippen LogP contribution in [0.5, 0.6) is 11.5 Å². The molecule has 0 spiro atoms. The maximum absolute atomic E-state index is 12.6. The fourth-order valence-electron chi connectivity index (χ4n) is 2.96. The van der Waals surface area contributed by atoms with E-state index in [9.17, 15) is 13.2 Å². The minimum Gasteiger partial charge on any atom is -0.497 e. The quantitative estimate of drug-likeness (QED) is 0.587. The molecule has 0 saturated heterocycles. The van der Waals surface area contributed by atoms with Crippen LogP contribution in [0.2, 0.25) is 0 Å². The number of methoxy groups -OCH3 is 1. The molecule has 1 amide bonds. The van der Waals surface area contributed by atoms with Crippen LogP contribution in [0, 0.1) is 0 Å². The van der Waals surface area contributed by atoms with Crippen LogP contribution in [0.1, 0.15) is 12.5 Å². The predicted molar refractivity (Wildman–Crippen MR) is 114 cm³/mol. The number of rotatable bonds is 8. The zero-order valence-corrected chi connectivity index (χ0v) is 18.1. The van der Waals surface area contributed by atoms with Gasteiger partial charge in [0, 0.05) is 36.8 Å². The fraction of sp³-hybridized carbons (Fsp3) is 0.286. The Bertz CT molecular complexity index is 1170. The lowest BCUT2D eigenvalue weighted by Crippen LogP contribution is -2.23. The summed E-state index contributed by atoms with van der Waals surface area (Å²) in [7, 11) is 0.706. The molecule has 0 bridgehead atoms. The largest absolute Gasteiger partial charge is 0.497 e. The topological polar surface area (TPSA) is 98.1 Å². The summed E-state index contributed by atoms with van der Waals surface area (Å²) in [5, 5.41) is 3.56. The van der Waals surface area contributed by atoms with Gasteiger partial charge in [0.1, 0.15) is 22.0 Å². The lowest BCUT2D eigenvalue weighted by molar-refractivity contribution is -0.115. The SMILES string of the molecule is CCOc1ccc(NC(=O)Cc2coc3cc(OC)ccc23)cc1S(=O)(=O)N(C)C. The van der Waals surface area contributed by atoms with E-state index in [-0.39, 0.29) is 23.0 Å². The molecule has 1 aromatic heterocycles. The number of amides is 1. The molecule has 3 aromatic rings. The van der Waals surface area contributed by atoms with Crippen LogP contribution in [0.25, 0.3) is 11.0 Å². The van der Waals surface area contributed by atoms with Gasteiger partial charge in [-0.1, -0.05) is 0 Å². The Labute approximate surface area is 175 Å². The minimum atomic E-state index is -3.74. The summed E-state index contributed by atoms with van der Waals surface area (Å²) in [5.74, 6) is 0.599. The van der Waals surface area contributed by atoms with Crippen molar-refractivity contribution in [3.05, 3.63) is 48.2 Å². The van der Waals surface area contributed by atoms with Gasteiger partial charge in [0.05, 0.1) is 26.4 Å². The van der Waals surface area contributed by atoms with Gasteiger partial charge in [-0.2, -0.15) is 0 Å². The second kappa shape index (κ2) is 8.76. The molecule has 0 aliphatic heterocycles. The van der Waals surface area contributed by atoms with E-state index in [1.165, 1.54) is 32.5 Å². The van der Waals surface area contributed by atoms with Crippen molar-refractivity contribution in [2.45, 2.75) is 18.2 Å². The lowest BCUT2D eigenvalue weighted by Gasteiger charge is -2.16. The van der Waals surface area contributed by atoms with Gasteiger partial charge in [0.15, 0.2) is 0 Å². The Morgan fingerprint density at radius 1 is 1.17 bits per heavy atom. The van der Waals surface area contributed by atoms with Crippen molar-refractivity contribution in [2.75, 3.05) is 33.1 Å². The number of nitrogens with zero attached hydrogens (tertiary/aromatic N) is 1. The molecule has 0 saturated carbocycles. The molecule has 2 aromatic carbocycles. The maximum Gasteiger partial charge on any atom is 0.246 e. The van der Waals surface area contributed by atoms with E-state index in [2.05, 4.69) is 5.32 Å². The first kappa shape index (κ1) is 21.7. The van der Waals surface area contributed by atoms with Gasteiger partial charge < -0.3 is 19.2 Å². The molecule has 9 heteroatoms. The summed E-state index contributed by atoms with van der Waals surface area (Å²) in [6, 6.07) is 9.92. The average molecular weight is 432 g/mol. The molecule has 1 heterocycles. The number of hydrogen-bond acceptors (Lipinski definition) is 6. The van der Waals surface area contributed by atoms with E-state index in [4.69, 9.17) is 13.9 Å². The smallest absolute Gasteiger partial charge is 0.246 e. The number of anilines is 1. The highest BCUT2D eigenvalue weighted by atomic mass is 32.2. The molecule has 160 valence electrons. The van der Waals surface area contributed by atoms with E-state index in [0.29, 0.717) is 23.6 Å². The molecule has 0 atom stereocenters. The van der Waals surface area contributed by atoms with Crippen molar-refractivity contribution in [3.8, 4) is 11.5 Å². The highest BCUT2D eigenvalue weighted by molar-refractivity contribution is 7.89. The third-order valence-electron chi connectivity index (χ3n) is 4.50. The Kier molecular flexibility index (Phi) is 6.33. The summed E-state index contributed by atoms with van der Waals surface area (Å²) in [5.41, 5.74) is 1.70. The van der Waals surface area contributed by atoms with Gasteiger partial charge in [-0.25, -0.2) is 12.7 Å². The predicted octanol–water partition coefficient (Wildman–Crippen LogP) is 3.27. The van der Waals surface area contributed by atoms with Crippen molar-refractivity contribution in [3.63, 3.8) is 0 Å². The van der Waals surface area contributed by atoms with Crippen LogP contribution < -0.4 is 14.8 Å². The van der Waals surface area contributed by atoms with Gasteiger partial charge in [-0.15, -0.1) is 0 Å². The number of furan rings is 1. The molecule has 3 rings (SSSR count).